The molecular formula is C18H23FN2O6. The first-order valence-electron chi connectivity index (χ1n) is 8.36. The second kappa shape index (κ2) is 10.9. The summed E-state index contributed by atoms with van der Waals surface area (Å²) in [5.41, 5.74) is 0.461. The van der Waals surface area contributed by atoms with E-state index in [0.717, 1.165) is 0 Å². The highest BCUT2D eigenvalue weighted by molar-refractivity contribution is 5.94. The van der Waals surface area contributed by atoms with Crippen LogP contribution in [0.5, 0.6) is 0 Å². The van der Waals surface area contributed by atoms with Gasteiger partial charge in [0.15, 0.2) is 11.9 Å². The number of hydrogen-bond donors (Lipinski definition) is 3. The monoisotopic (exact) mass is 382 g/mol. The van der Waals surface area contributed by atoms with E-state index >= 15 is 0 Å². The number of aliphatic carboxylic acids is 1. The average Bonchev–Trinajstić information content (AvgIpc) is 2.59. The van der Waals surface area contributed by atoms with Gasteiger partial charge in [0.1, 0.15) is 12.7 Å². The maximum atomic E-state index is 12.6. The number of amides is 2. The maximum absolute atomic E-state index is 12.6. The number of ketones is 1. The van der Waals surface area contributed by atoms with Crippen molar-refractivity contribution in [3.63, 3.8) is 0 Å². The number of hydrogen-bond acceptors (Lipinski definition) is 5. The van der Waals surface area contributed by atoms with Crippen molar-refractivity contribution in [2.45, 2.75) is 38.8 Å². The van der Waals surface area contributed by atoms with Crippen LogP contribution in [0.3, 0.4) is 0 Å². The van der Waals surface area contributed by atoms with Crippen LogP contribution in [0.4, 0.5) is 14.9 Å². The second-order valence-corrected chi connectivity index (χ2v) is 6.27. The van der Waals surface area contributed by atoms with E-state index in [1.807, 2.05) is 0 Å². The third-order valence-electron chi connectivity index (χ3n) is 3.46. The van der Waals surface area contributed by atoms with Gasteiger partial charge in [0, 0.05) is 5.69 Å². The molecule has 148 valence electrons. The molecule has 0 radical (unpaired) electrons. The fraction of sp³-hybridized carbons (Fsp3) is 0.444. The summed E-state index contributed by atoms with van der Waals surface area (Å²) in [5.74, 6) is -3.34. The van der Waals surface area contributed by atoms with Gasteiger partial charge in [-0.1, -0.05) is 32.0 Å². The van der Waals surface area contributed by atoms with Crippen LogP contribution in [0.25, 0.3) is 0 Å². The number of alkyl halides is 1. The van der Waals surface area contributed by atoms with Crippen molar-refractivity contribution in [1.82, 2.24) is 5.32 Å². The Labute approximate surface area is 156 Å². The molecule has 0 aromatic heterocycles. The molecule has 2 atom stereocenters. The molecule has 0 fully saturated rings. The van der Waals surface area contributed by atoms with Gasteiger partial charge in [-0.05, 0) is 24.5 Å². The highest BCUT2D eigenvalue weighted by Gasteiger charge is 2.30. The predicted octanol–water partition coefficient (Wildman–Crippen LogP) is 2.15. The van der Waals surface area contributed by atoms with Gasteiger partial charge in [-0.25, -0.2) is 9.18 Å². The van der Waals surface area contributed by atoms with E-state index < -0.39 is 49.0 Å². The number of carbonyl (C=O) groups is 4. The zero-order valence-corrected chi connectivity index (χ0v) is 15.1. The van der Waals surface area contributed by atoms with Crippen molar-refractivity contribution in [1.29, 1.82) is 0 Å². The molecule has 3 N–H and O–H groups in total. The first-order valence-corrected chi connectivity index (χ1v) is 8.36. The number of Topliss-reactive ketones (excluding diaryl/α,β-unsaturated/α-hetero) is 1. The molecule has 2 amide bonds. The zero-order valence-electron chi connectivity index (χ0n) is 15.1. The number of rotatable bonds is 10. The second-order valence-electron chi connectivity index (χ2n) is 6.27. The number of anilines is 1. The van der Waals surface area contributed by atoms with E-state index in [-0.39, 0.29) is 12.3 Å². The molecule has 0 spiro atoms. The standard InChI is InChI=1S/C18H23FN2O6/c1-11(2)8-15(27-18(26)20-12-6-4-3-5-7-12)17(25)21-13(9-16(23)24)14(22)10-19/h3-7,11,13,15H,8-10H2,1-2H3,(H,20,26)(H,21,25)(H,23,24). The van der Waals surface area contributed by atoms with Crippen molar-refractivity contribution in [3.8, 4) is 0 Å². The summed E-state index contributed by atoms with van der Waals surface area (Å²) in [4.78, 5) is 46.8. The Morgan fingerprint density at radius 3 is 2.30 bits per heavy atom. The molecule has 8 nitrogen and oxygen atoms in total. The summed E-state index contributed by atoms with van der Waals surface area (Å²) < 4.78 is 17.7. The maximum Gasteiger partial charge on any atom is 0.412 e. The van der Waals surface area contributed by atoms with E-state index in [1.165, 1.54) is 0 Å². The smallest absolute Gasteiger partial charge is 0.412 e. The van der Waals surface area contributed by atoms with Crippen molar-refractivity contribution in [3.05, 3.63) is 30.3 Å². The van der Waals surface area contributed by atoms with Gasteiger partial charge in [0.05, 0.1) is 6.42 Å². The van der Waals surface area contributed by atoms with E-state index in [2.05, 4.69) is 10.6 Å². The minimum atomic E-state index is -1.53. The van der Waals surface area contributed by atoms with Gasteiger partial charge in [-0.15, -0.1) is 0 Å². The molecule has 0 bridgehead atoms. The lowest BCUT2D eigenvalue weighted by Gasteiger charge is -2.22. The third-order valence-corrected chi connectivity index (χ3v) is 3.46. The van der Waals surface area contributed by atoms with Crippen molar-refractivity contribution < 1.29 is 33.4 Å². The molecule has 1 aromatic rings. The fourth-order valence-electron chi connectivity index (χ4n) is 2.21. The average molecular weight is 382 g/mol. The van der Waals surface area contributed by atoms with Gasteiger partial charge >= 0.3 is 12.1 Å². The van der Waals surface area contributed by atoms with Crippen LogP contribution in [-0.4, -0.2) is 47.7 Å². The summed E-state index contributed by atoms with van der Waals surface area (Å²) in [6.45, 7) is 2.17. The Kier molecular flexibility index (Phi) is 8.91. The Hall–Kier alpha value is -2.97. The van der Waals surface area contributed by atoms with Crippen LogP contribution < -0.4 is 10.6 Å². The molecule has 0 saturated heterocycles. The molecule has 9 heteroatoms. The summed E-state index contributed by atoms with van der Waals surface area (Å²) in [6.07, 6.45) is -2.78. The van der Waals surface area contributed by atoms with Gasteiger partial charge in [-0.3, -0.25) is 19.7 Å². The van der Waals surface area contributed by atoms with Crippen LogP contribution >= 0.6 is 0 Å². The van der Waals surface area contributed by atoms with Crippen LogP contribution in [0.2, 0.25) is 0 Å². The number of carboxylic acids is 1. The van der Waals surface area contributed by atoms with Gasteiger partial charge < -0.3 is 15.2 Å². The number of nitrogens with one attached hydrogen (secondary N) is 2. The van der Waals surface area contributed by atoms with Crippen molar-refractivity contribution >= 4 is 29.4 Å². The Balaban J connectivity index is 2.81. The number of para-hydroxylation sites is 1. The summed E-state index contributed by atoms with van der Waals surface area (Å²) in [7, 11) is 0. The molecule has 1 rings (SSSR count). The number of carbonyl (C=O) groups excluding carboxylic acids is 3. The zero-order chi connectivity index (χ0) is 20.4. The third kappa shape index (κ3) is 8.30. The first kappa shape index (κ1) is 22.1. The van der Waals surface area contributed by atoms with E-state index in [0.29, 0.717) is 5.69 Å². The Morgan fingerprint density at radius 2 is 1.78 bits per heavy atom. The van der Waals surface area contributed by atoms with Crippen molar-refractivity contribution in [2.24, 2.45) is 5.92 Å². The SMILES string of the molecule is CC(C)CC(OC(=O)Nc1ccccc1)C(=O)NC(CC(=O)O)C(=O)CF. The summed E-state index contributed by atoms with van der Waals surface area (Å²) >= 11 is 0. The lowest BCUT2D eigenvalue weighted by atomic mass is 10.0. The quantitative estimate of drug-likeness (QED) is 0.570. The first-order chi connectivity index (χ1) is 12.7. The molecule has 0 heterocycles. The van der Waals surface area contributed by atoms with Crippen molar-refractivity contribution in [2.75, 3.05) is 12.0 Å². The molecule has 0 aliphatic heterocycles. The molecule has 2 unspecified atom stereocenters. The lowest BCUT2D eigenvalue weighted by Crippen LogP contribution is -2.48. The number of benzene rings is 1. The minimum absolute atomic E-state index is 0.0416. The van der Waals surface area contributed by atoms with Crippen LogP contribution in [-0.2, 0) is 19.1 Å². The highest BCUT2D eigenvalue weighted by Crippen LogP contribution is 2.12. The van der Waals surface area contributed by atoms with Crippen LogP contribution in [0, 0.1) is 5.92 Å². The largest absolute Gasteiger partial charge is 0.481 e. The molecule has 0 aliphatic carbocycles. The van der Waals surface area contributed by atoms with Gasteiger partial charge in [0.25, 0.3) is 5.91 Å². The molecule has 0 aliphatic rings. The summed E-state index contributed by atoms with van der Waals surface area (Å²) in [5, 5.41) is 13.4. The Bertz CT molecular complexity index is 665. The molecule has 1 aromatic carbocycles. The number of halogens is 1. The van der Waals surface area contributed by atoms with Crippen LogP contribution in [0.1, 0.15) is 26.7 Å². The lowest BCUT2D eigenvalue weighted by molar-refractivity contribution is -0.141. The Morgan fingerprint density at radius 1 is 1.15 bits per heavy atom. The topological polar surface area (TPSA) is 122 Å². The predicted molar refractivity (Wildman–Crippen MR) is 95.0 cm³/mol. The van der Waals surface area contributed by atoms with Crippen LogP contribution in [0.15, 0.2) is 30.3 Å². The number of carboxylic acid groups (broad SMARTS) is 1. The van der Waals surface area contributed by atoms with E-state index in [1.54, 1.807) is 44.2 Å². The van der Waals surface area contributed by atoms with E-state index in [4.69, 9.17) is 9.84 Å². The normalized spacial score (nSPS) is 12.7. The number of ether oxygens (including phenoxy) is 1. The summed E-state index contributed by atoms with van der Waals surface area (Å²) in [6, 6.07) is 6.88. The fourth-order valence-corrected chi connectivity index (χ4v) is 2.21. The molecule has 0 saturated carbocycles. The van der Waals surface area contributed by atoms with E-state index in [9.17, 15) is 23.6 Å². The molecule has 27 heavy (non-hydrogen) atoms. The molecular weight excluding hydrogens is 359 g/mol. The van der Waals surface area contributed by atoms with Gasteiger partial charge in [-0.2, -0.15) is 0 Å². The highest BCUT2D eigenvalue weighted by atomic mass is 19.1. The van der Waals surface area contributed by atoms with Gasteiger partial charge in [0.2, 0.25) is 0 Å². The minimum Gasteiger partial charge on any atom is -0.481 e.